The van der Waals surface area contributed by atoms with Crippen molar-refractivity contribution < 1.29 is 14.6 Å². The molecular formula is C24H35N3O3. The van der Waals surface area contributed by atoms with Gasteiger partial charge in [-0.1, -0.05) is 13.8 Å². The Bertz CT molecular complexity index is 861. The minimum Gasteiger partial charge on any atom is -0.497 e. The Hall–Kier alpha value is -2.08. The monoisotopic (exact) mass is 413 g/mol. The number of methoxy groups -OCH3 is 1. The molecule has 4 unspecified atom stereocenters. The van der Waals surface area contributed by atoms with E-state index in [-0.39, 0.29) is 11.3 Å². The fraction of sp³-hybridized carbons (Fsp3) is 0.667. The summed E-state index contributed by atoms with van der Waals surface area (Å²) in [6, 6.07) is 6.26. The zero-order chi connectivity index (χ0) is 21.7. The van der Waals surface area contributed by atoms with Gasteiger partial charge < -0.3 is 14.7 Å². The normalized spacial score (nSPS) is 35.6. The van der Waals surface area contributed by atoms with Gasteiger partial charge in [-0.2, -0.15) is 5.10 Å². The molecule has 0 radical (unpaired) electrons. The number of hydrazone groups is 1. The second-order valence-corrected chi connectivity index (χ2v) is 9.92. The first-order valence-corrected chi connectivity index (χ1v) is 11.1. The molecule has 3 aliphatic rings. The van der Waals surface area contributed by atoms with Gasteiger partial charge in [-0.15, -0.1) is 0 Å². The molecule has 4 rings (SSSR count). The maximum atomic E-state index is 12.5. The van der Waals surface area contributed by atoms with Gasteiger partial charge in [-0.05, 0) is 68.8 Å². The number of piperazine rings is 1. The van der Waals surface area contributed by atoms with Crippen LogP contribution < -0.4 is 4.74 Å². The van der Waals surface area contributed by atoms with Crippen LogP contribution in [0.15, 0.2) is 23.3 Å². The summed E-state index contributed by atoms with van der Waals surface area (Å²) in [4.78, 5) is 14.8. The number of aliphatic carboxylic acids is 1. The highest BCUT2D eigenvalue weighted by molar-refractivity contribution is 6.04. The molecule has 1 aliphatic heterocycles. The zero-order valence-corrected chi connectivity index (χ0v) is 18.9. The number of hydrogen-bond donors (Lipinski definition) is 1. The van der Waals surface area contributed by atoms with E-state index in [0.29, 0.717) is 18.8 Å². The SMILES string of the molecule is COc1ccc2c(c1)C1(C)C(C)CCC(C)(C(=O)O)C1CC2=NN1CCN(C)CC1. The summed E-state index contributed by atoms with van der Waals surface area (Å²) in [5.74, 6) is 0.531. The van der Waals surface area contributed by atoms with Gasteiger partial charge in [0.05, 0.1) is 18.2 Å². The summed E-state index contributed by atoms with van der Waals surface area (Å²) in [6.45, 7) is 10.3. The van der Waals surface area contributed by atoms with Gasteiger partial charge >= 0.3 is 5.97 Å². The van der Waals surface area contributed by atoms with Crippen LogP contribution in [-0.4, -0.2) is 67.0 Å². The molecule has 164 valence electrons. The van der Waals surface area contributed by atoms with Gasteiger partial charge in [0.1, 0.15) is 5.75 Å². The Kier molecular flexibility index (Phi) is 5.33. The Balaban J connectivity index is 1.86. The van der Waals surface area contributed by atoms with Crippen LogP contribution in [0.2, 0.25) is 0 Å². The molecule has 1 heterocycles. The molecule has 2 aliphatic carbocycles. The number of likely N-dealkylation sites (N-methyl/N-ethyl adjacent to an activating group) is 1. The van der Waals surface area contributed by atoms with E-state index in [4.69, 9.17) is 9.84 Å². The summed E-state index contributed by atoms with van der Waals surface area (Å²) in [6.07, 6.45) is 2.33. The molecule has 0 bridgehead atoms. The van der Waals surface area contributed by atoms with E-state index in [2.05, 4.69) is 42.9 Å². The van der Waals surface area contributed by atoms with Crippen LogP contribution in [0.25, 0.3) is 0 Å². The molecule has 2 fully saturated rings. The highest BCUT2D eigenvalue weighted by atomic mass is 16.5. The van der Waals surface area contributed by atoms with Crippen molar-refractivity contribution >= 4 is 11.7 Å². The molecule has 30 heavy (non-hydrogen) atoms. The number of benzene rings is 1. The minimum atomic E-state index is -0.759. The highest BCUT2D eigenvalue weighted by Gasteiger charge is 2.59. The van der Waals surface area contributed by atoms with E-state index < -0.39 is 11.4 Å². The molecular weight excluding hydrogens is 378 g/mol. The van der Waals surface area contributed by atoms with E-state index in [1.54, 1.807) is 7.11 Å². The average Bonchev–Trinajstić information content (AvgIpc) is 2.73. The lowest BCUT2D eigenvalue weighted by Crippen LogP contribution is -2.57. The largest absolute Gasteiger partial charge is 0.497 e. The minimum absolute atomic E-state index is 0.00271. The maximum absolute atomic E-state index is 12.5. The first-order chi connectivity index (χ1) is 14.2. The Morgan fingerprint density at radius 3 is 2.57 bits per heavy atom. The van der Waals surface area contributed by atoms with E-state index >= 15 is 0 Å². The smallest absolute Gasteiger partial charge is 0.309 e. The van der Waals surface area contributed by atoms with Crippen LogP contribution >= 0.6 is 0 Å². The van der Waals surface area contributed by atoms with Crippen molar-refractivity contribution in [1.82, 2.24) is 9.91 Å². The topological polar surface area (TPSA) is 65.4 Å². The van der Waals surface area contributed by atoms with Crippen LogP contribution in [0, 0.1) is 17.3 Å². The highest BCUT2D eigenvalue weighted by Crippen LogP contribution is 2.60. The summed E-state index contributed by atoms with van der Waals surface area (Å²) in [5.41, 5.74) is 2.41. The van der Waals surface area contributed by atoms with E-state index in [9.17, 15) is 9.90 Å². The van der Waals surface area contributed by atoms with Gasteiger partial charge in [0.25, 0.3) is 0 Å². The fourth-order valence-electron chi connectivity index (χ4n) is 5.95. The van der Waals surface area contributed by atoms with E-state index in [1.807, 2.05) is 13.0 Å². The number of carbonyl (C=O) groups is 1. The first kappa shape index (κ1) is 21.2. The van der Waals surface area contributed by atoms with Gasteiger partial charge in [-0.25, -0.2) is 0 Å². The zero-order valence-electron chi connectivity index (χ0n) is 18.9. The molecule has 0 aromatic heterocycles. The Morgan fingerprint density at radius 2 is 1.93 bits per heavy atom. The van der Waals surface area contributed by atoms with Crippen LogP contribution in [-0.2, 0) is 10.2 Å². The second kappa shape index (κ2) is 7.56. The Labute approximate surface area is 179 Å². The molecule has 6 heteroatoms. The Morgan fingerprint density at radius 1 is 1.23 bits per heavy atom. The number of hydrogen-bond acceptors (Lipinski definition) is 5. The molecule has 1 aromatic carbocycles. The number of carboxylic acids is 1. The van der Waals surface area contributed by atoms with Gasteiger partial charge in [0.15, 0.2) is 0 Å². The van der Waals surface area contributed by atoms with Crippen molar-refractivity contribution in [3.8, 4) is 5.75 Å². The number of fused-ring (bicyclic) bond motifs is 3. The molecule has 6 nitrogen and oxygen atoms in total. The van der Waals surface area contributed by atoms with Crippen molar-refractivity contribution in [2.45, 2.75) is 45.4 Å². The first-order valence-electron chi connectivity index (χ1n) is 11.1. The van der Waals surface area contributed by atoms with Crippen LogP contribution in [0.1, 0.15) is 51.2 Å². The van der Waals surface area contributed by atoms with Crippen molar-refractivity contribution in [1.29, 1.82) is 0 Å². The van der Waals surface area contributed by atoms with E-state index in [0.717, 1.165) is 49.6 Å². The quantitative estimate of drug-likeness (QED) is 0.822. The van der Waals surface area contributed by atoms with Crippen LogP contribution in [0.4, 0.5) is 0 Å². The van der Waals surface area contributed by atoms with Crippen LogP contribution in [0.5, 0.6) is 5.75 Å². The van der Waals surface area contributed by atoms with Crippen LogP contribution in [0.3, 0.4) is 0 Å². The summed E-state index contributed by atoms with van der Waals surface area (Å²) >= 11 is 0. The molecule has 1 saturated carbocycles. The number of rotatable bonds is 3. The van der Waals surface area contributed by atoms with Crippen molar-refractivity contribution in [2.75, 3.05) is 40.3 Å². The number of ether oxygens (including phenoxy) is 1. The molecule has 1 aromatic rings. The molecule has 1 saturated heterocycles. The lowest BCUT2D eigenvalue weighted by Gasteiger charge is -2.56. The van der Waals surface area contributed by atoms with E-state index in [1.165, 1.54) is 5.56 Å². The third-order valence-corrected chi connectivity index (χ3v) is 8.36. The summed E-state index contributed by atoms with van der Waals surface area (Å²) in [7, 11) is 3.83. The maximum Gasteiger partial charge on any atom is 0.309 e. The molecule has 1 N–H and O–H groups in total. The summed E-state index contributed by atoms with van der Waals surface area (Å²) in [5, 5.41) is 17.5. The predicted molar refractivity (Wildman–Crippen MR) is 118 cm³/mol. The average molecular weight is 414 g/mol. The number of carboxylic acid groups (broad SMARTS) is 1. The molecule has 0 spiro atoms. The van der Waals surface area contributed by atoms with Crippen molar-refractivity contribution in [2.24, 2.45) is 22.4 Å². The van der Waals surface area contributed by atoms with Crippen molar-refractivity contribution in [3.63, 3.8) is 0 Å². The number of nitrogens with zero attached hydrogens (tertiary/aromatic N) is 3. The summed E-state index contributed by atoms with van der Waals surface area (Å²) < 4.78 is 5.56. The second-order valence-electron chi connectivity index (χ2n) is 9.92. The fourth-order valence-corrected chi connectivity index (χ4v) is 5.95. The molecule has 0 amide bonds. The van der Waals surface area contributed by atoms with Gasteiger partial charge in [-0.3, -0.25) is 9.80 Å². The molecule has 4 atom stereocenters. The van der Waals surface area contributed by atoms with Gasteiger partial charge in [0.2, 0.25) is 0 Å². The lowest BCUT2D eigenvalue weighted by molar-refractivity contribution is -0.158. The van der Waals surface area contributed by atoms with Crippen molar-refractivity contribution in [3.05, 3.63) is 29.3 Å². The third-order valence-electron chi connectivity index (χ3n) is 8.36. The predicted octanol–water partition coefficient (Wildman–Crippen LogP) is 3.45. The third kappa shape index (κ3) is 3.20. The van der Waals surface area contributed by atoms with Gasteiger partial charge in [0, 0.05) is 37.2 Å². The lowest BCUT2D eigenvalue weighted by atomic mass is 9.46. The standard InChI is InChI=1S/C24H35N3O3/c1-16-8-9-23(2,22(28)29)21-15-20(25-27-12-10-26(4)11-13-27)18-7-6-17(30-5)14-19(18)24(16,21)3/h6-7,14,16,21H,8-13,15H2,1-5H3,(H,28,29).